The van der Waals surface area contributed by atoms with Crippen LogP contribution in [-0.4, -0.2) is 31.4 Å². The van der Waals surface area contributed by atoms with Gasteiger partial charge in [0.15, 0.2) is 0 Å². The summed E-state index contributed by atoms with van der Waals surface area (Å²) < 4.78 is 0. The number of carbonyl (C=O) groups is 1. The van der Waals surface area contributed by atoms with Gasteiger partial charge in [-0.1, -0.05) is 0 Å². The lowest BCUT2D eigenvalue weighted by Gasteiger charge is -2.10. The topological polar surface area (TPSA) is 79.9 Å². The number of benzene rings is 1. The quantitative estimate of drug-likeness (QED) is 0.813. The minimum Gasteiger partial charge on any atom is -0.385 e. The number of anilines is 1. The number of nitrogens with zero attached hydrogens (tertiary/aromatic N) is 3. The van der Waals surface area contributed by atoms with Gasteiger partial charge in [-0.05, 0) is 24.6 Å². The van der Waals surface area contributed by atoms with Crippen LogP contribution in [0.25, 0.3) is 0 Å². The Labute approximate surface area is 113 Å². The summed E-state index contributed by atoms with van der Waals surface area (Å²) >= 11 is 0. The molecule has 19 heavy (non-hydrogen) atoms. The summed E-state index contributed by atoms with van der Waals surface area (Å²) in [7, 11) is 3.46. The van der Waals surface area contributed by atoms with Crippen molar-refractivity contribution in [2.75, 3.05) is 26.0 Å². The molecule has 1 aromatic carbocycles. The van der Waals surface area contributed by atoms with Crippen LogP contribution in [0, 0.1) is 22.7 Å². The number of amides is 1. The lowest BCUT2D eigenvalue weighted by atomic mass is 10.1. The third-order valence-electron chi connectivity index (χ3n) is 2.66. The van der Waals surface area contributed by atoms with Gasteiger partial charge in [0.05, 0.1) is 11.1 Å². The molecule has 0 aliphatic carbocycles. The molecule has 0 aliphatic rings. The molecule has 0 aromatic heterocycles. The van der Waals surface area contributed by atoms with Crippen molar-refractivity contribution < 1.29 is 4.79 Å². The van der Waals surface area contributed by atoms with Gasteiger partial charge in [0, 0.05) is 32.7 Å². The molecule has 0 radical (unpaired) electrons. The van der Waals surface area contributed by atoms with Gasteiger partial charge < -0.3 is 10.2 Å². The fourth-order valence-electron chi connectivity index (χ4n) is 1.54. The first-order valence-corrected chi connectivity index (χ1v) is 5.96. The zero-order valence-electron chi connectivity index (χ0n) is 11.1. The monoisotopic (exact) mass is 256 g/mol. The third kappa shape index (κ3) is 4.33. The van der Waals surface area contributed by atoms with E-state index in [-0.39, 0.29) is 5.91 Å². The zero-order valence-corrected chi connectivity index (χ0v) is 11.1. The standard InChI is InChI=1S/C14H16N4O/c1-18(2)14(19)4-3-7-17-13-6-5-11(9-15)12(8-13)10-16/h5-6,8,17H,3-4,7H2,1-2H3. The van der Waals surface area contributed by atoms with Crippen LogP contribution in [0.15, 0.2) is 18.2 Å². The van der Waals surface area contributed by atoms with Gasteiger partial charge in [0.25, 0.3) is 0 Å². The van der Waals surface area contributed by atoms with E-state index in [0.29, 0.717) is 24.1 Å². The van der Waals surface area contributed by atoms with E-state index in [0.717, 1.165) is 12.1 Å². The van der Waals surface area contributed by atoms with E-state index < -0.39 is 0 Å². The predicted molar refractivity (Wildman–Crippen MR) is 72.3 cm³/mol. The largest absolute Gasteiger partial charge is 0.385 e. The number of hydrogen-bond donors (Lipinski definition) is 1. The van der Waals surface area contributed by atoms with Gasteiger partial charge in [-0.15, -0.1) is 0 Å². The molecule has 0 saturated carbocycles. The van der Waals surface area contributed by atoms with E-state index in [4.69, 9.17) is 10.5 Å². The Balaban J connectivity index is 2.49. The average Bonchev–Trinajstić information content (AvgIpc) is 2.42. The Hall–Kier alpha value is -2.53. The van der Waals surface area contributed by atoms with Crippen LogP contribution < -0.4 is 5.32 Å². The highest BCUT2D eigenvalue weighted by molar-refractivity contribution is 5.75. The van der Waals surface area contributed by atoms with Crippen LogP contribution in [0.1, 0.15) is 24.0 Å². The van der Waals surface area contributed by atoms with E-state index in [1.54, 1.807) is 37.2 Å². The molecule has 1 rings (SSSR count). The molecule has 0 bridgehead atoms. The number of carbonyl (C=O) groups excluding carboxylic acids is 1. The number of nitrogens with one attached hydrogen (secondary N) is 1. The highest BCUT2D eigenvalue weighted by Crippen LogP contribution is 2.14. The molecule has 0 saturated heterocycles. The Morgan fingerprint density at radius 3 is 2.53 bits per heavy atom. The number of nitriles is 2. The Kier molecular flexibility index (Phi) is 5.37. The second-order valence-corrected chi connectivity index (χ2v) is 4.30. The summed E-state index contributed by atoms with van der Waals surface area (Å²) in [5.74, 6) is 0.0966. The molecule has 1 N–H and O–H groups in total. The van der Waals surface area contributed by atoms with Gasteiger partial charge in [-0.3, -0.25) is 4.79 Å². The first-order chi connectivity index (χ1) is 9.08. The molecule has 5 heteroatoms. The molecule has 0 aliphatic heterocycles. The van der Waals surface area contributed by atoms with Gasteiger partial charge in [-0.25, -0.2) is 0 Å². The summed E-state index contributed by atoms with van der Waals surface area (Å²) in [5.41, 5.74) is 1.51. The SMILES string of the molecule is CN(C)C(=O)CCCNc1ccc(C#N)c(C#N)c1. The van der Waals surface area contributed by atoms with Crippen molar-refractivity contribution >= 4 is 11.6 Å². The second-order valence-electron chi connectivity index (χ2n) is 4.30. The highest BCUT2D eigenvalue weighted by atomic mass is 16.2. The van der Waals surface area contributed by atoms with E-state index in [2.05, 4.69) is 5.32 Å². The van der Waals surface area contributed by atoms with E-state index in [1.807, 2.05) is 12.1 Å². The maximum absolute atomic E-state index is 11.4. The molecule has 0 fully saturated rings. The second kappa shape index (κ2) is 7.03. The van der Waals surface area contributed by atoms with Crippen LogP contribution in [0.3, 0.4) is 0 Å². The summed E-state index contributed by atoms with van der Waals surface area (Å²) in [5, 5.41) is 20.8. The van der Waals surface area contributed by atoms with E-state index >= 15 is 0 Å². The van der Waals surface area contributed by atoms with Crippen LogP contribution in [0.2, 0.25) is 0 Å². The Morgan fingerprint density at radius 1 is 1.26 bits per heavy atom. The van der Waals surface area contributed by atoms with E-state index in [9.17, 15) is 4.79 Å². The number of hydrogen-bond acceptors (Lipinski definition) is 4. The third-order valence-corrected chi connectivity index (χ3v) is 2.66. The summed E-state index contributed by atoms with van der Waals surface area (Å²) in [6.07, 6.45) is 1.21. The predicted octanol–water partition coefficient (Wildman–Crippen LogP) is 1.71. The van der Waals surface area contributed by atoms with Gasteiger partial charge in [-0.2, -0.15) is 10.5 Å². The van der Waals surface area contributed by atoms with Crippen LogP contribution in [0.5, 0.6) is 0 Å². The smallest absolute Gasteiger partial charge is 0.222 e. The molecule has 0 unspecified atom stereocenters. The van der Waals surface area contributed by atoms with Crippen molar-refractivity contribution in [1.29, 1.82) is 10.5 Å². The minimum absolute atomic E-state index is 0.0966. The van der Waals surface area contributed by atoms with Gasteiger partial charge >= 0.3 is 0 Å². The van der Waals surface area contributed by atoms with Crippen molar-refractivity contribution in [2.45, 2.75) is 12.8 Å². The fraction of sp³-hybridized carbons (Fsp3) is 0.357. The lowest BCUT2D eigenvalue weighted by Crippen LogP contribution is -2.22. The summed E-state index contributed by atoms with van der Waals surface area (Å²) in [6.45, 7) is 0.649. The van der Waals surface area contributed by atoms with Crippen LogP contribution in [-0.2, 0) is 4.79 Å². The molecule has 0 spiro atoms. The molecule has 1 aromatic rings. The van der Waals surface area contributed by atoms with Crippen molar-refractivity contribution in [3.63, 3.8) is 0 Å². The van der Waals surface area contributed by atoms with Crippen LogP contribution in [0.4, 0.5) is 5.69 Å². The summed E-state index contributed by atoms with van der Waals surface area (Å²) in [6, 6.07) is 8.97. The lowest BCUT2D eigenvalue weighted by molar-refractivity contribution is -0.128. The molecular formula is C14H16N4O. The Morgan fingerprint density at radius 2 is 1.95 bits per heavy atom. The first kappa shape index (κ1) is 14.5. The molecule has 1 amide bonds. The summed E-state index contributed by atoms with van der Waals surface area (Å²) in [4.78, 5) is 12.9. The first-order valence-electron chi connectivity index (χ1n) is 5.96. The number of rotatable bonds is 5. The Bertz CT molecular complexity index is 537. The molecule has 5 nitrogen and oxygen atoms in total. The van der Waals surface area contributed by atoms with Crippen molar-refractivity contribution in [3.8, 4) is 12.1 Å². The van der Waals surface area contributed by atoms with Gasteiger partial charge in [0.2, 0.25) is 5.91 Å². The maximum atomic E-state index is 11.4. The highest BCUT2D eigenvalue weighted by Gasteiger charge is 2.04. The normalized spacial score (nSPS) is 9.26. The minimum atomic E-state index is 0.0966. The zero-order chi connectivity index (χ0) is 14.3. The average molecular weight is 256 g/mol. The van der Waals surface area contributed by atoms with E-state index in [1.165, 1.54) is 0 Å². The fourth-order valence-corrected chi connectivity index (χ4v) is 1.54. The van der Waals surface area contributed by atoms with Gasteiger partial charge in [0.1, 0.15) is 12.1 Å². The van der Waals surface area contributed by atoms with Crippen molar-refractivity contribution in [2.24, 2.45) is 0 Å². The molecule has 0 heterocycles. The molecular weight excluding hydrogens is 240 g/mol. The van der Waals surface area contributed by atoms with Crippen molar-refractivity contribution in [1.82, 2.24) is 4.90 Å². The van der Waals surface area contributed by atoms with Crippen LogP contribution >= 0.6 is 0 Å². The molecule has 0 atom stereocenters. The maximum Gasteiger partial charge on any atom is 0.222 e. The molecule has 98 valence electrons. The van der Waals surface area contributed by atoms with Crippen molar-refractivity contribution in [3.05, 3.63) is 29.3 Å².